The number of para-hydroxylation sites is 1. The minimum Gasteiger partial charge on any atom is -0.507 e. The molecular formula is C27H23IN2O4. The SMILES string of the molecule is CCOc1cc(/C=N\NC(=O)c2ccccc2O)cc(I)c1OCc1ccc2ccccc2c1. The number of phenols is 1. The number of hydrazone groups is 1. The number of nitrogens with one attached hydrogen (secondary N) is 1. The molecule has 0 heterocycles. The highest BCUT2D eigenvalue weighted by Gasteiger charge is 2.13. The van der Waals surface area contributed by atoms with Crippen LogP contribution in [-0.2, 0) is 6.61 Å². The lowest BCUT2D eigenvalue weighted by Gasteiger charge is -2.15. The first kappa shape index (κ1) is 23.6. The number of carbonyl (C=O) groups excluding carboxylic acids is 1. The third-order valence-electron chi connectivity index (χ3n) is 5.06. The zero-order valence-electron chi connectivity index (χ0n) is 18.5. The summed E-state index contributed by atoms with van der Waals surface area (Å²) in [4.78, 5) is 12.2. The van der Waals surface area contributed by atoms with Gasteiger partial charge in [-0.2, -0.15) is 5.10 Å². The van der Waals surface area contributed by atoms with Crippen LogP contribution in [-0.4, -0.2) is 23.8 Å². The smallest absolute Gasteiger partial charge is 0.275 e. The summed E-state index contributed by atoms with van der Waals surface area (Å²) >= 11 is 2.20. The molecule has 0 saturated heterocycles. The third-order valence-corrected chi connectivity index (χ3v) is 5.86. The highest BCUT2D eigenvalue weighted by molar-refractivity contribution is 14.1. The monoisotopic (exact) mass is 566 g/mol. The van der Waals surface area contributed by atoms with Crippen molar-refractivity contribution in [3.05, 3.63) is 99.1 Å². The number of benzene rings is 4. The zero-order valence-corrected chi connectivity index (χ0v) is 20.7. The van der Waals surface area contributed by atoms with Crippen LogP contribution in [0.25, 0.3) is 10.8 Å². The van der Waals surface area contributed by atoms with Crippen LogP contribution in [0, 0.1) is 3.57 Å². The molecule has 4 rings (SSSR count). The number of aromatic hydroxyl groups is 1. The summed E-state index contributed by atoms with van der Waals surface area (Å²) < 4.78 is 12.8. The standard InChI is InChI=1S/C27H23IN2O4/c1-2-33-25-15-19(16-29-30-27(32)22-9-5-6-10-24(22)31)14-23(28)26(25)34-17-18-11-12-20-7-3-4-8-21(20)13-18/h3-16,31H,2,17H2,1H3,(H,30,32)/b29-16-. The molecule has 0 saturated carbocycles. The Labute approximate surface area is 211 Å². The number of halogens is 1. The van der Waals surface area contributed by atoms with Crippen molar-refractivity contribution in [1.82, 2.24) is 5.43 Å². The molecule has 0 unspecified atom stereocenters. The van der Waals surface area contributed by atoms with Gasteiger partial charge in [-0.25, -0.2) is 5.43 Å². The van der Waals surface area contributed by atoms with Gasteiger partial charge in [-0.15, -0.1) is 0 Å². The van der Waals surface area contributed by atoms with E-state index in [0.29, 0.717) is 24.7 Å². The lowest BCUT2D eigenvalue weighted by atomic mass is 10.1. The first-order chi connectivity index (χ1) is 16.5. The Balaban J connectivity index is 1.48. The fourth-order valence-corrected chi connectivity index (χ4v) is 4.22. The lowest BCUT2D eigenvalue weighted by Crippen LogP contribution is -2.17. The summed E-state index contributed by atoms with van der Waals surface area (Å²) in [7, 11) is 0. The maximum Gasteiger partial charge on any atom is 0.275 e. The number of fused-ring (bicyclic) bond motifs is 1. The number of carbonyl (C=O) groups is 1. The Hall–Kier alpha value is -3.59. The van der Waals surface area contributed by atoms with Gasteiger partial charge in [0.25, 0.3) is 5.91 Å². The molecule has 0 aliphatic carbocycles. The van der Waals surface area contributed by atoms with Crippen LogP contribution < -0.4 is 14.9 Å². The first-order valence-corrected chi connectivity index (χ1v) is 11.8. The van der Waals surface area contributed by atoms with Crippen molar-refractivity contribution in [3.8, 4) is 17.2 Å². The van der Waals surface area contributed by atoms with E-state index in [2.05, 4.69) is 63.4 Å². The van der Waals surface area contributed by atoms with Gasteiger partial charge in [-0.3, -0.25) is 4.79 Å². The van der Waals surface area contributed by atoms with Gasteiger partial charge in [0, 0.05) is 0 Å². The molecule has 4 aromatic carbocycles. The average molecular weight is 566 g/mol. The van der Waals surface area contributed by atoms with Crippen molar-refractivity contribution in [2.75, 3.05) is 6.61 Å². The van der Waals surface area contributed by atoms with Crippen LogP contribution in [0.1, 0.15) is 28.4 Å². The summed E-state index contributed by atoms with van der Waals surface area (Å²) in [5.41, 5.74) is 4.39. The average Bonchev–Trinajstić information content (AvgIpc) is 2.84. The summed E-state index contributed by atoms with van der Waals surface area (Å²) in [5.74, 6) is 0.662. The molecule has 0 atom stereocenters. The van der Waals surface area contributed by atoms with Crippen LogP contribution in [0.3, 0.4) is 0 Å². The predicted molar refractivity (Wildman–Crippen MR) is 142 cm³/mol. The summed E-state index contributed by atoms with van der Waals surface area (Å²) in [6, 6.07) is 24.5. The molecule has 0 aliphatic rings. The number of ether oxygens (including phenoxy) is 2. The summed E-state index contributed by atoms with van der Waals surface area (Å²) in [6.45, 7) is 2.80. The van der Waals surface area contributed by atoms with Crippen LogP contribution in [0.2, 0.25) is 0 Å². The molecule has 34 heavy (non-hydrogen) atoms. The van der Waals surface area contributed by atoms with Gasteiger partial charge in [0.2, 0.25) is 0 Å². The first-order valence-electron chi connectivity index (χ1n) is 10.7. The quantitative estimate of drug-likeness (QED) is 0.158. The molecule has 0 radical (unpaired) electrons. The molecule has 1 amide bonds. The minimum atomic E-state index is -0.496. The Bertz CT molecular complexity index is 1350. The van der Waals surface area contributed by atoms with Crippen LogP contribution in [0.15, 0.2) is 84.0 Å². The van der Waals surface area contributed by atoms with E-state index < -0.39 is 5.91 Å². The molecule has 0 spiro atoms. The van der Waals surface area contributed by atoms with Crippen LogP contribution in [0.5, 0.6) is 17.2 Å². The Kier molecular flexibility index (Phi) is 7.64. The molecule has 172 valence electrons. The Morgan fingerprint density at radius 2 is 1.76 bits per heavy atom. The van der Waals surface area contributed by atoms with Crippen molar-refractivity contribution in [1.29, 1.82) is 0 Å². The predicted octanol–water partition coefficient (Wildman–Crippen LogP) is 5.89. The molecule has 0 aromatic heterocycles. The Morgan fingerprint density at radius 1 is 1.00 bits per heavy atom. The van der Waals surface area contributed by atoms with Crippen molar-refractivity contribution >= 4 is 45.5 Å². The van der Waals surface area contributed by atoms with Crippen molar-refractivity contribution < 1.29 is 19.4 Å². The molecule has 2 N–H and O–H groups in total. The van der Waals surface area contributed by atoms with Crippen LogP contribution >= 0.6 is 22.6 Å². The second-order valence-electron chi connectivity index (χ2n) is 7.45. The van der Waals surface area contributed by atoms with Crippen molar-refractivity contribution in [3.63, 3.8) is 0 Å². The molecule has 0 aliphatic heterocycles. The van der Waals surface area contributed by atoms with E-state index in [4.69, 9.17) is 9.47 Å². The number of phenolic OH excluding ortho intramolecular Hbond substituents is 1. The lowest BCUT2D eigenvalue weighted by molar-refractivity contribution is 0.0952. The van der Waals surface area contributed by atoms with E-state index in [-0.39, 0.29) is 11.3 Å². The largest absolute Gasteiger partial charge is 0.507 e. The second-order valence-corrected chi connectivity index (χ2v) is 8.61. The second kappa shape index (κ2) is 11.0. The molecule has 7 heteroatoms. The third kappa shape index (κ3) is 5.66. The fraction of sp³-hybridized carbons (Fsp3) is 0.111. The van der Waals surface area contributed by atoms with Crippen molar-refractivity contribution in [2.45, 2.75) is 13.5 Å². The normalized spacial score (nSPS) is 11.0. The van der Waals surface area contributed by atoms with Gasteiger partial charge in [0.1, 0.15) is 12.4 Å². The van der Waals surface area contributed by atoms with Gasteiger partial charge >= 0.3 is 0 Å². The maximum atomic E-state index is 12.2. The van der Waals surface area contributed by atoms with Gasteiger partial charge in [0.15, 0.2) is 11.5 Å². The van der Waals surface area contributed by atoms with Gasteiger partial charge in [-0.05, 0) is 81.7 Å². The number of rotatable bonds is 8. The van der Waals surface area contributed by atoms with Crippen molar-refractivity contribution in [2.24, 2.45) is 5.10 Å². The zero-order chi connectivity index (χ0) is 23.9. The minimum absolute atomic E-state index is 0.101. The summed E-state index contributed by atoms with van der Waals surface area (Å²) in [6.07, 6.45) is 1.52. The number of amides is 1. The van der Waals surface area contributed by atoms with E-state index in [1.54, 1.807) is 12.1 Å². The highest BCUT2D eigenvalue weighted by atomic mass is 127. The number of hydrogen-bond acceptors (Lipinski definition) is 5. The fourth-order valence-electron chi connectivity index (χ4n) is 3.44. The molecular weight excluding hydrogens is 543 g/mol. The number of hydrogen-bond donors (Lipinski definition) is 2. The summed E-state index contributed by atoms with van der Waals surface area (Å²) in [5, 5.41) is 16.2. The topological polar surface area (TPSA) is 80.2 Å². The molecule has 4 aromatic rings. The van der Waals surface area contributed by atoms with E-state index in [1.807, 2.05) is 31.2 Å². The van der Waals surface area contributed by atoms with Gasteiger partial charge in [-0.1, -0.05) is 48.5 Å². The maximum absolute atomic E-state index is 12.2. The number of nitrogens with zero attached hydrogens (tertiary/aromatic N) is 1. The van der Waals surface area contributed by atoms with E-state index >= 15 is 0 Å². The van der Waals surface area contributed by atoms with E-state index in [0.717, 1.165) is 14.7 Å². The Morgan fingerprint density at radius 3 is 2.56 bits per heavy atom. The van der Waals surface area contributed by atoms with E-state index in [9.17, 15) is 9.90 Å². The molecule has 6 nitrogen and oxygen atoms in total. The molecule has 0 fully saturated rings. The van der Waals surface area contributed by atoms with Gasteiger partial charge in [0.05, 0.1) is 22.0 Å². The van der Waals surface area contributed by atoms with Crippen LogP contribution in [0.4, 0.5) is 0 Å². The van der Waals surface area contributed by atoms with E-state index in [1.165, 1.54) is 29.1 Å². The molecule has 0 bridgehead atoms. The highest BCUT2D eigenvalue weighted by Crippen LogP contribution is 2.34. The van der Waals surface area contributed by atoms with Gasteiger partial charge < -0.3 is 14.6 Å².